The average molecular weight is 171 g/mol. The van der Waals surface area contributed by atoms with E-state index < -0.39 is 7.82 Å². The Morgan fingerprint density at radius 2 is 1.64 bits per heavy atom. The van der Waals surface area contributed by atoms with Crippen LogP contribution in [0, 0.1) is 0 Å². The first-order chi connectivity index (χ1) is 5.17. The molecule has 0 unspecified atom stereocenters. The summed E-state index contributed by atoms with van der Waals surface area (Å²) in [5.74, 6) is 0.511. The minimum Gasteiger partial charge on any atom is -0.736 e. The number of rotatable bonds is 0. The van der Waals surface area contributed by atoms with E-state index in [0.717, 1.165) is 0 Å². The fraction of sp³-hybridized carbons (Fsp3) is 0. The average Bonchev–Trinajstić information content (AvgIpc) is 2.21. The number of phosphoric ester groups is 1. The van der Waals surface area contributed by atoms with Crippen LogP contribution in [0.15, 0.2) is 24.3 Å². The predicted molar refractivity (Wildman–Crippen MR) is 35.3 cm³/mol. The summed E-state index contributed by atoms with van der Waals surface area (Å²) in [5.41, 5.74) is 0. The molecule has 0 fully saturated rings. The highest BCUT2D eigenvalue weighted by molar-refractivity contribution is 7.47. The van der Waals surface area contributed by atoms with Gasteiger partial charge in [-0.25, -0.2) is 4.57 Å². The highest BCUT2D eigenvalue weighted by Gasteiger charge is 2.24. The van der Waals surface area contributed by atoms with Gasteiger partial charge in [-0.2, -0.15) is 0 Å². The maximum absolute atomic E-state index is 10.7. The van der Waals surface area contributed by atoms with Crippen molar-refractivity contribution in [3.63, 3.8) is 0 Å². The highest BCUT2D eigenvalue weighted by atomic mass is 31.2. The van der Waals surface area contributed by atoms with Crippen LogP contribution in [0.5, 0.6) is 11.5 Å². The number of hydrogen-bond acceptors (Lipinski definition) is 4. The van der Waals surface area contributed by atoms with Gasteiger partial charge in [0, 0.05) is 0 Å². The molecule has 1 aromatic rings. The zero-order valence-electron chi connectivity index (χ0n) is 5.39. The van der Waals surface area contributed by atoms with E-state index in [0.29, 0.717) is 0 Å². The van der Waals surface area contributed by atoms with Crippen LogP contribution in [-0.2, 0) is 4.57 Å². The summed E-state index contributed by atoms with van der Waals surface area (Å²) >= 11 is 0. The van der Waals surface area contributed by atoms with Crippen LogP contribution in [0.1, 0.15) is 0 Å². The Labute approximate surface area is 63.0 Å². The number of hydrogen-bond donors (Lipinski definition) is 0. The molecule has 0 aliphatic carbocycles. The summed E-state index contributed by atoms with van der Waals surface area (Å²) in [7, 11) is -4.08. The van der Waals surface area contributed by atoms with Gasteiger partial charge in [-0.3, -0.25) is 0 Å². The molecular formula is C6H4O4P-. The maximum Gasteiger partial charge on any atom is 0.372 e. The minimum absolute atomic E-state index is 0.255. The summed E-state index contributed by atoms with van der Waals surface area (Å²) in [6.07, 6.45) is 0. The van der Waals surface area contributed by atoms with Crippen molar-refractivity contribution in [1.29, 1.82) is 0 Å². The molecule has 58 valence electrons. The van der Waals surface area contributed by atoms with Crippen LogP contribution in [0.2, 0.25) is 0 Å². The van der Waals surface area contributed by atoms with Gasteiger partial charge in [0.15, 0.2) is 11.5 Å². The molecule has 1 aromatic carbocycles. The van der Waals surface area contributed by atoms with Gasteiger partial charge in [-0.15, -0.1) is 0 Å². The molecular weight excluding hydrogens is 167 g/mol. The molecule has 4 nitrogen and oxygen atoms in total. The molecule has 2 rings (SSSR count). The van der Waals surface area contributed by atoms with Crippen LogP contribution >= 0.6 is 7.82 Å². The molecule has 0 aromatic heterocycles. The van der Waals surface area contributed by atoms with Gasteiger partial charge in [0.1, 0.15) is 0 Å². The monoisotopic (exact) mass is 171 g/mol. The standard InChI is InChI=1S/C6H5O4P/c7-11(8)9-5-3-1-2-4-6(5)10-11/h1-4H,(H,7,8)/p-1. The van der Waals surface area contributed by atoms with Crippen molar-refractivity contribution in [1.82, 2.24) is 0 Å². The second-order valence-corrected chi connectivity index (χ2v) is 3.34. The molecule has 0 saturated carbocycles. The minimum atomic E-state index is -4.08. The Morgan fingerprint density at radius 3 is 2.09 bits per heavy atom. The largest absolute Gasteiger partial charge is 0.736 e. The topological polar surface area (TPSA) is 58.6 Å². The number of phosphoric acid groups is 1. The van der Waals surface area contributed by atoms with Crippen LogP contribution in [-0.4, -0.2) is 0 Å². The van der Waals surface area contributed by atoms with E-state index in [1.165, 1.54) is 12.1 Å². The fourth-order valence-electron chi connectivity index (χ4n) is 0.861. The number of para-hydroxylation sites is 2. The maximum atomic E-state index is 10.7. The van der Waals surface area contributed by atoms with Gasteiger partial charge in [0.2, 0.25) is 0 Å². The van der Waals surface area contributed by atoms with Crippen molar-refractivity contribution in [3.8, 4) is 11.5 Å². The molecule has 1 aliphatic rings. The molecule has 0 radical (unpaired) electrons. The zero-order valence-corrected chi connectivity index (χ0v) is 6.28. The van der Waals surface area contributed by atoms with Crippen molar-refractivity contribution >= 4 is 7.82 Å². The SMILES string of the molecule is O=P1([O-])Oc2ccccc2O1. The molecule has 0 N–H and O–H groups in total. The third-order valence-electron chi connectivity index (χ3n) is 1.27. The summed E-state index contributed by atoms with van der Waals surface area (Å²) in [4.78, 5) is 10.7. The normalized spacial score (nSPS) is 18.3. The van der Waals surface area contributed by atoms with Crippen LogP contribution in [0.4, 0.5) is 0 Å². The zero-order chi connectivity index (χ0) is 7.90. The first kappa shape index (κ1) is 6.70. The van der Waals surface area contributed by atoms with Gasteiger partial charge >= 0.3 is 7.82 Å². The highest BCUT2D eigenvalue weighted by Crippen LogP contribution is 2.52. The Hall–Kier alpha value is -0.990. The molecule has 0 spiro atoms. The molecule has 0 bridgehead atoms. The van der Waals surface area contributed by atoms with Crippen LogP contribution in [0.25, 0.3) is 0 Å². The fourth-order valence-corrected chi connectivity index (χ4v) is 1.68. The first-order valence-electron chi connectivity index (χ1n) is 2.97. The van der Waals surface area contributed by atoms with Gasteiger partial charge in [-0.1, -0.05) is 12.1 Å². The van der Waals surface area contributed by atoms with Gasteiger partial charge < -0.3 is 13.9 Å². The molecule has 1 heterocycles. The van der Waals surface area contributed by atoms with Gasteiger partial charge in [-0.05, 0) is 12.1 Å². The van der Waals surface area contributed by atoms with E-state index >= 15 is 0 Å². The molecule has 11 heavy (non-hydrogen) atoms. The molecule has 0 saturated heterocycles. The van der Waals surface area contributed by atoms with E-state index in [2.05, 4.69) is 9.05 Å². The van der Waals surface area contributed by atoms with Crippen molar-refractivity contribution in [2.45, 2.75) is 0 Å². The van der Waals surface area contributed by atoms with Crippen molar-refractivity contribution in [3.05, 3.63) is 24.3 Å². The molecule has 5 heteroatoms. The number of fused-ring (bicyclic) bond motifs is 1. The Kier molecular flexibility index (Phi) is 1.22. The molecule has 0 atom stereocenters. The lowest BCUT2D eigenvalue weighted by molar-refractivity contribution is -0.205. The Morgan fingerprint density at radius 1 is 1.18 bits per heavy atom. The van der Waals surface area contributed by atoms with E-state index in [4.69, 9.17) is 0 Å². The third kappa shape index (κ3) is 1.11. The van der Waals surface area contributed by atoms with Crippen molar-refractivity contribution in [2.24, 2.45) is 0 Å². The summed E-state index contributed by atoms with van der Waals surface area (Å²) in [6, 6.07) is 6.42. The lowest BCUT2D eigenvalue weighted by Crippen LogP contribution is -2.06. The molecule has 1 aliphatic heterocycles. The van der Waals surface area contributed by atoms with Gasteiger partial charge in [0.05, 0.1) is 0 Å². The van der Waals surface area contributed by atoms with Crippen LogP contribution in [0.3, 0.4) is 0 Å². The van der Waals surface area contributed by atoms with Crippen molar-refractivity contribution in [2.75, 3.05) is 0 Å². The van der Waals surface area contributed by atoms with E-state index in [1.54, 1.807) is 12.1 Å². The van der Waals surface area contributed by atoms with E-state index in [1.807, 2.05) is 0 Å². The van der Waals surface area contributed by atoms with Crippen LogP contribution < -0.4 is 13.9 Å². The lowest BCUT2D eigenvalue weighted by atomic mass is 10.3. The second kappa shape index (κ2) is 2.00. The number of benzene rings is 1. The van der Waals surface area contributed by atoms with Gasteiger partial charge in [0.25, 0.3) is 0 Å². The van der Waals surface area contributed by atoms with E-state index in [-0.39, 0.29) is 11.5 Å². The summed E-state index contributed by atoms with van der Waals surface area (Å²) in [5, 5.41) is 0. The van der Waals surface area contributed by atoms with Crippen molar-refractivity contribution < 1.29 is 18.5 Å². The lowest BCUT2D eigenvalue weighted by Gasteiger charge is -2.12. The Bertz CT molecular complexity index is 306. The third-order valence-corrected chi connectivity index (χ3v) is 2.11. The summed E-state index contributed by atoms with van der Waals surface area (Å²) in [6.45, 7) is 0. The smallest absolute Gasteiger partial charge is 0.372 e. The second-order valence-electron chi connectivity index (χ2n) is 2.08. The Balaban J connectivity index is 2.49. The summed E-state index contributed by atoms with van der Waals surface area (Å²) < 4.78 is 19.6. The predicted octanol–water partition coefficient (Wildman–Crippen LogP) is 0.926. The molecule has 0 amide bonds. The quantitative estimate of drug-likeness (QED) is 0.544. The first-order valence-corrected chi connectivity index (χ1v) is 4.43. The van der Waals surface area contributed by atoms with E-state index in [9.17, 15) is 9.46 Å².